The number of alkyl halides is 2. The highest BCUT2D eigenvalue weighted by atomic mass is 32.2. The zero-order valence-corrected chi connectivity index (χ0v) is 16.4. The van der Waals surface area contributed by atoms with Crippen molar-refractivity contribution in [3.63, 3.8) is 0 Å². The smallest absolute Gasteiger partial charge is 0.269 e. The molecule has 2 heterocycles. The van der Waals surface area contributed by atoms with Crippen molar-refractivity contribution in [3.05, 3.63) is 59.4 Å². The van der Waals surface area contributed by atoms with Gasteiger partial charge in [0.25, 0.3) is 0 Å². The summed E-state index contributed by atoms with van der Waals surface area (Å²) in [4.78, 5) is 4.43. The van der Waals surface area contributed by atoms with E-state index < -0.39 is 6.55 Å². The molecular formula is C19H18F2N6S. The molecule has 9 heteroatoms. The first-order valence-electron chi connectivity index (χ1n) is 8.73. The van der Waals surface area contributed by atoms with E-state index in [0.717, 1.165) is 21.4 Å². The SMILES string of the molecule is Cc1ccc(-n2nnnc2SC(C)c2nc3ccccc3n2C(F)F)c(C)c1. The second-order valence-corrected chi connectivity index (χ2v) is 7.84. The van der Waals surface area contributed by atoms with Crippen LogP contribution in [-0.4, -0.2) is 29.8 Å². The molecule has 0 aliphatic heterocycles. The minimum Gasteiger partial charge on any atom is -0.269 e. The van der Waals surface area contributed by atoms with E-state index >= 15 is 0 Å². The number of aryl methyl sites for hydroxylation is 2. The van der Waals surface area contributed by atoms with Crippen molar-refractivity contribution in [2.24, 2.45) is 0 Å². The van der Waals surface area contributed by atoms with E-state index in [9.17, 15) is 8.78 Å². The topological polar surface area (TPSA) is 61.4 Å². The Labute approximate surface area is 164 Å². The fraction of sp³-hybridized carbons (Fsp3) is 0.263. The second-order valence-electron chi connectivity index (χ2n) is 6.53. The molecule has 1 atom stereocenters. The average Bonchev–Trinajstić information content (AvgIpc) is 3.26. The van der Waals surface area contributed by atoms with Crippen molar-refractivity contribution in [3.8, 4) is 5.69 Å². The van der Waals surface area contributed by atoms with Crippen LogP contribution in [0.1, 0.15) is 35.7 Å². The molecule has 1 unspecified atom stereocenters. The first-order chi connectivity index (χ1) is 13.5. The molecule has 0 N–H and O–H groups in total. The summed E-state index contributed by atoms with van der Waals surface area (Å²) in [5, 5.41) is 12.1. The summed E-state index contributed by atoms with van der Waals surface area (Å²) in [5.41, 5.74) is 3.98. The fourth-order valence-corrected chi connectivity index (χ4v) is 4.12. The molecule has 0 fully saturated rings. The van der Waals surface area contributed by atoms with Gasteiger partial charge in [-0.15, -0.1) is 5.10 Å². The third kappa shape index (κ3) is 3.26. The van der Waals surface area contributed by atoms with Gasteiger partial charge in [-0.3, -0.25) is 4.57 Å². The number of halogens is 2. The molecule has 6 nitrogen and oxygen atoms in total. The molecule has 28 heavy (non-hydrogen) atoms. The molecule has 0 aliphatic carbocycles. The van der Waals surface area contributed by atoms with E-state index in [1.807, 2.05) is 39.0 Å². The van der Waals surface area contributed by atoms with E-state index in [1.165, 1.54) is 11.8 Å². The highest BCUT2D eigenvalue weighted by Crippen LogP contribution is 2.37. The number of tetrazole rings is 1. The lowest BCUT2D eigenvalue weighted by Crippen LogP contribution is -2.07. The van der Waals surface area contributed by atoms with Crippen LogP contribution in [0.2, 0.25) is 0 Å². The molecule has 0 saturated carbocycles. The number of para-hydroxylation sites is 2. The zero-order valence-electron chi connectivity index (χ0n) is 15.5. The molecular weight excluding hydrogens is 382 g/mol. The third-order valence-electron chi connectivity index (χ3n) is 4.49. The number of benzene rings is 2. The van der Waals surface area contributed by atoms with Crippen LogP contribution in [0.5, 0.6) is 0 Å². The number of thioether (sulfide) groups is 1. The highest BCUT2D eigenvalue weighted by molar-refractivity contribution is 7.99. The molecule has 2 aromatic heterocycles. The summed E-state index contributed by atoms with van der Waals surface area (Å²) in [5.74, 6) is 0.288. The molecule has 0 aliphatic rings. The van der Waals surface area contributed by atoms with E-state index in [0.29, 0.717) is 16.2 Å². The zero-order chi connectivity index (χ0) is 19.8. The Hall–Kier alpha value is -2.81. The lowest BCUT2D eigenvalue weighted by Gasteiger charge is -2.14. The molecule has 0 saturated heterocycles. The number of imidazole rings is 1. The lowest BCUT2D eigenvalue weighted by atomic mass is 10.1. The van der Waals surface area contributed by atoms with Crippen molar-refractivity contribution < 1.29 is 8.78 Å². The molecule has 0 spiro atoms. The van der Waals surface area contributed by atoms with E-state index in [4.69, 9.17) is 0 Å². The monoisotopic (exact) mass is 400 g/mol. The van der Waals surface area contributed by atoms with Crippen LogP contribution in [0, 0.1) is 13.8 Å². The van der Waals surface area contributed by atoms with Crippen molar-refractivity contribution in [1.82, 2.24) is 29.8 Å². The van der Waals surface area contributed by atoms with Crippen molar-refractivity contribution in [1.29, 1.82) is 0 Å². The third-order valence-corrected chi connectivity index (χ3v) is 5.52. The number of aromatic nitrogens is 6. The van der Waals surface area contributed by atoms with Crippen molar-refractivity contribution in [2.45, 2.75) is 37.7 Å². The molecule has 4 rings (SSSR count). The molecule has 2 aromatic carbocycles. The van der Waals surface area contributed by atoms with Gasteiger partial charge in [-0.05, 0) is 55.0 Å². The Balaban J connectivity index is 1.71. The van der Waals surface area contributed by atoms with Crippen LogP contribution in [0.15, 0.2) is 47.6 Å². The molecule has 4 aromatic rings. The van der Waals surface area contributed by atoms with Gasteiger partial charge in [-0.1, -0.05) is 41.6 Å². The van der Waals surface area contributed by atoms with Gasteiger partial charge in [0, 0.05) is 0 Å². The Bertz CT molecular complexity index is 1140. The van der Waals surface area contributed by atoms with E-state index in [1.54, 1.807) is 28.9 Å². The number of hydrogen-bond donors (Lipinski definition) is 0. The minimum atomic E-state index is -2.68. The van der Waals surface area contributed by atoms with Crippen LogP contribution in [0.25, 0.3) is 16.7 Å². The van der Waals surface area contributed by atoms with Crippen LogP contribution in [0.3, 0.4) is 0 Å². The second kappa shape index (κ2) is 7.31. The predicted molar refractivity (Wildman–Crippen MR) is 104 cm³/mol. The Morgan fingerprint density at radius 2 is 1.86 bits per heavy atom. The molecule has 0 amide bonds. The molecule has 144 valence electrons. The van der Waals surface area contributed by atoms with Crippen molar-refractivity contribution >= 4 is 22.8 Å². The highest BCUT2D eigenvalue weighted by Gasteiger charge is 2.24. The maximum atomic E-state index is 13.7. The van der Waals surface area contributed by atoms with E-state index in [-0.39, 0.29) is 11.1 Å². The van der Waals surface area contributed by atoms with Gasteiger partial charge in [-0.25, -0.2) is 4.98 Å². The van der Waals surface area contributed by atoms with Crippen LogP contribution in [-0.2, 0) is 0 Å². The summed E-state index contributed by atoms with van der Waals surface area (Å²) >= 11 is 1.29. The van der Waals surface area contributed by atoms with Crippen molar-refractivity contribution in [2.75, 3.05) is 0 Å². The summed E-state index contributed by atoms with van der Waals surface area (Å²) in [6, 6.07) is 12.9. The Morgan fingerprint density at radius 1 is 1.07 bits per heavy atom. The summed E-state index contributed by atoms with van der Waals surface area (Å²) in [7, 11) is 0. The van der Waals surface area contributed by atoms with Gasteiger partial charge >= 0.3 is 6.55 Å². The standard InChI is InChI=1S/C19H18F2N6S/c1-11-8-9-15(12(2)10-11)27-19(23-24-25-27)28-13(3)17-22-14-6-4-5-7-16(14)26(17)18(20)21/h4-10,13,18H,1-3H3. The van der Waals surface area contributed by atoms with Crippen LogP contribution in [0.4, 0.5) is 8.78 Å². The number of rotatable bonds is 5. The van der Waals surface area contributed by atoms with Crippen LogP contribution >= 0.6 is 11.8 Å². The first-order valence-corrected chi connectivity index (χ1v) is 9.61. The van der Waals surface area contributed by atoms with Gasteiger partial charge < -0.3 is 0 Å². The first kappa shape index (κ1) is 18.5. The number of hydrogen-bond acceptors (Lipinski definition) is 5. The predicted octanol–water partition coefficient (Wildman–Crippen LogP) is 4.88. The minimum absolute atomic E-state index is 0.288. The van der Waals surface area contributed by atoms with Gasteiger partial charge in [0.2, 0.25) is 5.16 Å². The van der Waals surface area contributed by atoms with Crippen LogP contribution < -0.4 is 0 Å². The Morgan fingerprint density at radius 3 is 2.61 bits per heavy atom. The quantitative estimate of drug-likeness (QED) is 0.447. The maximum Gasteiger partial charge on any atom is 0.320 e. The lowest BCUT2D eigenvalue weighted by molar-refractivity contribution is 0.0715. The summed E-state index contributed by atoms with van der Waals surface area (Å²) in [6.45, 7) is 3.15. The Kier molecular flexibility index (Phi) is 4.84. The van der Waals surface area contributed by atoms with Gasteiger partial charge in [0.1, 0.15) is 5.82 Å². The normalized spacial score (nSPS) is 12.8. The maximum absolute atomic E-state index is 13.7. The average molecular weight is 400 g/mol. The fourth-order valence-electron chi connectivity index (χ4n) is 3.21. The largest absolute Gasteiger partial charge is 0.320 e. The van der Waals surface area contributed by atoms with Gasteiger partial charge in [-0.2, -0.15) is 13.5 Å². The van der Waals surface area contributed by atoms with Gasteiger partial charge in [0.05, 0.1) is 22.0 Å². The molecule has 0 bridgehead atoms. The molecule has 0 radical (unpaired) electrons. The number of nitrogens with zero attached hydrogens (tertiary/aromatic N) is 6. The summed E-state index contributed by atoms with van der Waals surface area (Å²) in [6.07, 6.45) is 0. The number of fused-ring (bicyclic) bond motifs is 1. The van der Waals surface area contributed by atoms with Gasteiger partial charge in [0.15, 0.2) is 0 Å². The summed E-state index contributed by atoms with van der Waals surface area (Å²) < 4.78 is 30.1. The van der Waals surface area contributed by atoms with E-state index in [2.05, 4.69) is 20.5 Å².